The number of anilines is 1. The lowest BCUT2D eigenvalue weighted by Crippen LogP contribution is -2.19. The Hall–Kier alpha value is -1.18. The molecule has 1 aromatic carbocycles. The third-order valence-electron chi connectivity index (χ3n) is 2.74. The lowest BCUT2D eigenvalue weighted by Gasteiger charge is -2.22. The molecule has 0 unspecified atom stereocenters. The van der Waals surface area contributed by atoms with Crippen LogP contribution in [0, 0.1) is 0 Å². The predicted octanol–water partition coefficient (Wildman–Crippen LogP) is 2.98. The second kappa shape index (κ2) is 4.36. The topological polar surface area (TPSA) is 35.2 Å². The molecule has 76 valence electrons. The molecule has 1 aromatic rings. The van der Waals surface area contributed by atoms with E-state index in [1.165, 1.54) is 32.1 Å². The van der Waals surface area contributed by atoms with Crippen molar-refractivity contribution in [3.05, 3.63) is 24.3 Å². The van der Waals surface area contributed by atoms with Crippen molar-refractivity contribution in [3.8, 4) is 5.75 Å². The molecule has 2 rings (SSSR count). The number of ether oxygens (including phenoxy) is 1. The number of rotatable bonds is 2. The summed E-state index contributed by atoms with van der Waals surface area (Å²) in [6, 6.07) is 7.67. The predicted molar refractivity (Wildman–Crippen MR) is 58.4 cm³/mol. The van der Waals surface area contributed by atoms with E-state index in [1.807, 2.05) is 24.3 Å². The molecule has 1 aliphatic carbocycles. The van der Waals surface area contributed by atoms with Gasteiger partial charge in [-0.2, -0.15) is 0 Å². The van der Waals surface area contributed by atoms with Gasteiger partial charge in [0.1, 0.15) is 5.75 Å². The van der Waals surface area contributed by atoms with Gasteiger partial charge in [0.05, 0.1) is 6.10 Å². The quantitative estimate of drug-likeness (QED) is 0.729. The number of hydrogen-bond donors (Lipinski definition) is 1. The summed E-state index contributed by atoms with van der Waals surface area (Å²) in [6.07, 6.45) is 6.79. The zero-order chi connectivity index (χ0) is 9.80. The highest BCUT2D eigenvalue weighted by molar-refractivity contribution is 5.41. The Balaban J connectivity index is 1.92. The van der Waals surface area contributed by atoms with Crippen LogP contribution in [0.4, 0.5) is 5.69 Å². The van der Waals surface area contributed by atoms with Crippen LogP contribution in [-0.2, 0) is 0 Å². The molecule has 0 saturated heterocycles. The Kier molecular flexibility index (Phi) is 2.92. The van der Waals surface area contributed by atoms with Crippen molar-refractivity contribution in [1.82, 2.24) is 0 Å². The zero-order valence-corrected chi connectivity index (χ0v) is 8.41. The summed E-state index contributed by atoms with van der Waals surface area (Å²) >= 11 is 0. The van der Waals surface area contributed by atoms with Crippen molar-refractivity contribution in [2.75, 3.05) is 5.73 Å². The van der Waals surface area contributed by atoms with Crippen molar-refractivity contribution in [1.29, 1.82) is 0 Å². The third kappa shape index (κ3) is 2.41. The van der Waals surface area contributed by atoms with Crippen molar-refractivity contribution in [2.45, 2.75) is 38.2 Å². The maximum absolute atomic E-state index is 5.85. The minimum atomic E-state index is 0.423. The summed E-state index contributed by atoms with van der Waals surface area (Å²) in [5, 5.41) is 0. The average molecular weight is 191 g/mol. The molecule has 1 saturated carbocycles. The molecule has 0 heterocycles. The van der Waals surface area contributed by atoms with Crippen molar-refractivity contribution < 1.29 is 4.74 Å². The SMILES string of the molecule is Nc1ccc(OC2CCCCC2)cc1. The summed E-state index contributed by atoms with van der Waals surface area (Å²) in [5.74, 6) is 0.950. The highest BCUT2D eigenvalue weighted by Crippen LogP contribution is 2.23. The van der Waals surface area contributed by atoms with Crippen LogP contribution >= 0.6 is 0 Å². The molecule has 0 radical (unpaired) electrons. The molecule has 2 N–H and O–H groups in total. The van der Waals surface area contributed by atoms with E-state index in [0.29, 0.717) is 6.10 Å². The first-order valence-electron chi connectivity index (χ1n) is 5.37. The van der Waals surface area contributed by atoms with E-state index in [1.54, 1.807) is 0 Å². The van der Waals surface area contributed by atoms with E-state index in [-0.39, 0.29) is 0 Å². The molecule has 0 aliphatic heterocycles. The van der Waals surface area contributed by atoms with E-state index >= 15 is 0 Å². The van der Waals surface area contributed by atoms with Crippen molar-refractivity contribution in [3.63, 3.8) is 0 Å². The average Bonchev–Trinajstić information content (AvgIpc) is 2.23. The molecule has 1 fully saturated rings. The molecular formula is C12H17NO. The van der Waals surface area contributed by atoms with Gasteiger partial charge < -0.3 is 10.5 Å². The number of hydrogen-bond acceptors (Lipinski definition) is 2. The van der Waals surface area contributed by atoms with Crippen molar-refractivity contribution >= 4 is 5.69 Å². The van der Waals surface area contributed by atoms with E-state index in [0.717, 1.165) is 11.4 Å². The molecule has 0 aromatic heterocycles. The first kappa shape index (κ1) is 9.38. The van der Waals surface area contributed by atoms with E-state index in [2.05, 4.69) is 0 Å². The molecule has 1 aliphatic rings. The molecular weight excluding hydrogens is 174 g/mol. The fraction of sp³-hybridized carbons (Fsp3) is 0.500. The summed E-state index contributed by atoms with van der Waals surface area (Å²) in [6.45, 7) is 0. The summed E-state index contributed by atoms with van der Waals surface area (Å²) in [7, 11) is 0. The summed E-state index contributed by atoms with van der Waals surface area (Å²) < 4.78 is 5.85. The van der Waals surface area contributed by atoms with Crippen LogP contribution in [0.25, 0.3) is 0 Å². The summed E-state index contributed by atoms with van der Waals surface area (Å²) in [5.41, 5.74) is 6.40. The van der Waals surface area contributed by atoms with Gasteiger partial charge in [-0.05, 0) is 49.9 Å². The van der Waals surface area contributed by atoms with E-state index in [9.17, 15) is 0 Å². The molecule has 14 heavy (non-hydrogen) atoms. The molecule has 0 bridgehead atoms. The van der Waals surface area contributed by atoms with Gasteiger partial charge >= 0.3 is 0 Å². The lowest BCUT2D eigenvalue weighted by atomic mass is 9.98. The molecule has 2 nitrogen and oxygen atoms in total. The van der Waals surface area contributed by atoms with Gasteiger partial charge in [-0.1, -0.05) is 6.42 Å². The van der Waals surface area contributed by atoms with Gasteiger partial charge in [0, 0.05) is 5.69 Å². The second-order valence-corrected chi connectivity index (χ2v) is 3.95. The highest BCUT2D eigenvalue weighted by Gasteiger charge is 2.14. The van der Waals surface area contributed by atoms with Crippen LogP contribution in [0.5, 0.6) is 5.75 Å². The lowest BCUT2D eigenvalue weighted by molar-refractivity contribution is 0.155. The van der Waals surface area contributed by atoms with Gasteiger partial charge in [0.2, 0.25) is 0 Å². The van der Waals surface area contributed by atoms with Crippen molar-refractivity contribution in [2.24, 2.45) is 0 Å². The highest BCUT2D eigenvalue weighted by atomic mass is 16.5. The van der Waals surface area contributed by atoms with Gasteiger partial charge in [0.25, 0.3) is 0 Å². The van der Waals surface area contributed by atoms with E-state index in [4.69, 9.17) is 10.5 Å². The minimum Gasteiger partial charge on any atom is -0.490 e. The standard InChI is InChI=1S/C12H17NO/c13-10-6-8-12(9-7-10)14-11-4-2-1-3-5-11/h6-9,11H,1-5,13H2. The molecule has 2 heteroatoms. The molecule has 0 amide bonds. The Bertz CT molecular complexity index is 275. The first-order chi connectivity index (χ1) is 6.84. The van der Waals surface area contributed by atoms with Gasteiger partial charge in [-0.3, -0.25) is 0 Å². The summed E-state index contributed by atoms with van der Waals surface area (Å²) in [4.78, 5) is 0. The fourth-order valence-electron chi connectivity index (χ4n) is 1.92. The Morgan fingerprint density at radius 2 is 1.64 bits per heavy atom. The van der Waals surface area contributed by atoms with Crippen LogP contribution < -0.4 is 10.5 Å². The minimum absolute atomic E-state index is 0.423. The number of benzene rings is 1. The Morgan fingerprint density at radius 3 is 2.29 bits per heavy atom. The van der Waals surface area contributed by atoms with Gasteiger partial charge in [-0.15, -0.1) is 0 Å². The van der Waals surface area contributed by atoms with Gasteiger partial charge in [0.15, 0.2) is 0 Å². The van der Waals surface area contributed by atoms with Crippen LogP contribution in [-0.4, -0.2) is 6.10 Å². The number of nitrogens with two attached hydrogens (primary N) is 1. The first-order valence-corrected chi connectivity index (χ1v) is 5.37. The maximum atomic E-state index is 5.85. The van der Waals surface area contributed by atoms with Crippen LogP contribution in [0.1, 0.15) is 32.1 Å². The monoisotopic (exact) mass is 191 g/mol. The molecule has 0 spiro atoms. The fourth-order valence-corrected chi connectivity index (χ4v) is 1.92. The number of nitrogen functional groups attached to an aromatic ring is 1. The van der Waals surface area contributed by atoms with Crippen LogP contribution in [0.2, 0.25) is 0 Å². The smallest absolute Gasteiger partial charge is 0.119 e. The second-order valence-electron chi connectivity index (χ2n) is 3.95. The van der Waals surface area contributed by atoms with Gasteiger partial charge in [-0.25, -0.2) is 0 Å². The maximum Gasteiger partial charge on any atom is 0.119 e. The zero-order valence-electron chi connectivity index (χ0n) is 8.41. The van der Waals surface area contributed by atoms with E-state index < -0.39 is 0 Å². The normalized spacial score (nSPS) is 18.0. The Morgan fingerprint density at radius 1 is 1.00 bits per heavy atom. The Labute approximate surface area is 85.1 Å². The molecule has 0 atom stereocenters. The third-order valence-corrected chi connectivity index (χ3v) is 2.74. The largest absolute Gasteiger partial charge is 0.490 e. The van der Waals surface area contributed by atoms with Crippen LogP contribution in [0.3, 0.4) is 0 Å². The van der Waals surface area contributed by atoms with Crippen LogP contribution in [0.15, 0.2) is 24.3 Å².